The first-order chi connectivity index (χ1) is 12.3. The van der Waals surface area contributed by atoms with Gasteiger partial charge in [0.05, 0.1) is 12.5 Å². The summed E-state index contributed by atoms with van der Waals surface area (Å²) in [5.41, 5.74) is 0.112. The fourth-order valence-corrected chi connectivity index (χ4v) is 2.81. The molecule has 1 aromatic carbocycles. The lowest BCUT2D eigenvalue weighted by Gasteiger charge is -2.32. The highest BCUT2D eigenvalue weighted by molar-refractivity contribution is 5.96. The molecule has 1 unspecified atom stereocenters. The van der Waals surface area contributed by atoms with E-state index in [1.165, 1.54) is 36.2 Å². The Morgan fingerprint density at radius 2 is 2.12 bits per heavy atom. The van der Waals surface area contributed by atoms with Crippen LogP contribution in [0.1, 0.15) is 23.2 Å². The SMILES string of the molecule is CN(CC(=O)N1CCCC(C(=O)O)C1)C(=O)c1cccc(OC(F)F)c1. The number of likely N-dealkylation sites (N-methyl/N-ethyl adjacent to an activating group) is 1. The van der Waals surface area contributed by atoms with Crippen LogP contribution >= 0.6 is 0 Å². The van der Waals surface area contributed by atoms with Crippen molar-refractivity contribution in [2.75, 3.05) is 26.7 Å². The van der Waals surface area contributed by atoms with Gasteiger partial charge in [0.15, 0.2) is 0 Å². The molecule has 1 heterocycles. The molecule has 0 radical (unpaired) electrons. The molecule has 1 fully saturated rings. The molecule has 1 aliphatic heterocycles. The van der Waals surface area contributed by atoms with E-state index in [0.717, 1.165) is 4.90 Å². The Morgan fingerprint density at radius 3 is 2.77 bits per heavy atom. The molecular weight excluding hydrogens is 350 g/mol. The van der Waals surface area contributed by atoms with E-state index in [-0.39, 0.29) is 30.3 Å². The zero-order valence-electron chi connectivity index (χ0n) is 14.2. The number of hydrogen-bond acceptors (Lipinski definition) is 4. The Balaban J connectivity index is 1.98. The summed E-state index contributed by atoms with van der Waals surface area (Å²) in [4.78, 5) is 38.4. The molecule has 2 amide bonds. The second-order valence-electron chi connectivity index (χ2n) is 6.08. The summed E-state index contributed by atoms with van der Waals surface area (Å²) in [6.07, 6.45) is 1.11. The van der Waals surface area contributed by atoms with Gasteiger partial charge in [0, 0.05) is 25.7 Å². The Labute approximate surface area is 149 Å². The fourth-order valence-electron chi connectivity index (χ4n) is 2.81. The van der Waals surface area contributed by atoms with E-state index in [0.29, 0.717) is 19.4 Å². The number of ether oxygens (including phenoxy) is 1. The Morgan fingerprint density at radius 1 is 1.38 bits per heavy atom. The van der Waals surface area contributed by atoms with E-state index >= 15 is 0 Å². The van der Waals surface area contributed by atoms with E-state index in [4.69, 9.17) is 5.11 Å². The number of carbonyl (C=O) groups excluding carboxylic acids is 2. The number of likely N-dealkylation sites (tertiary alicyclic amines) is 1. The Bertz CT molecular complexity index is 683. The van der Waals surface area contributed by atoms with Crippen LogP contribution in [0.25, 0.3) is 0 Å². The summed E-state index contributed by atoms with van der Waals surface area (Å²) >= 11 is 0. The number of hydrogen-bond donors (Lipinski definition) is 1. The highest BCUT2D eigenvalue weighted by atomic mass is 19.3. The predicted molar refractivity (Wildman–Crippen MR) is 87.0 cm³/mol. The van der Waals surface area contributed by atoms with Crippen LogP contribution in [0.3, 0.4) is 0 Å². The topological polar surface area (TPSA) is 87.2 Å². The van der Waals surface area contributed by atoms with Crippen LogP contribution in [-0.4, -0.2) is 66.0 Å². The first-order valence-corrected chi connectivity index (χ1v) is 8.09. The number of carbonyl (C=O) groups is 3. The number of halogens is 2. The van der Waals surface area contributed by atoms with Crippen LogP contribution in [0, 0.1) is 5.92 Å². The molecule has 0 aromatic heterocycles. The van der Waals surface area contributed by atoms with E-state index < -0.39 is 24.4 Å². The second kappa shape index (κ2) is 8.59. The van der Waals surface area contributed by atoms with E-state index in [1.807, 2.05) is 0 Å². The molecule has 26 heavy (non-hydrogen) atoms. The molecule has 1 saturated heterocycles. The number of alkyl halides is 2. The average molecular weight is 370 g/mol. The molecule has 1 N–H and O–H groups in total. The van der Waals surface area contributed by atoms with Gasteiger partial charge in [-0.2, -0.15) is 8.78 Å². The maximum Gasteiger partial charge on any atom is 0.387 e. The highest BCUT2D eigenvalue weighted by Gasteiger charge is 2.29. The molecule has 1 aliphatic rings. The summed E-state index contributed by atoms with van der Waals surface area (Å²) in [5.74, 6) is -2.57. The number of rotatable bonds is 6. The van der Waals surface area contributed by atoms with E-state index in [9.17, 15) is 23.2 Å². The molecule has 0 bridgehead atoms. The first kappa shape index (κ1) is 19.6. The maximum atomic E-state index is 12.4. The van der Waals surface area contributed by atoms with Crippen molar-refractivity contribution in [2.24, 2.45) is 5.92 Å². The number of nitrogens with zero attached hydrogens (tertiary/aromatic N) is 2. The first-order valence-electron chi connectivity index (χ1n) is 8.09. The normalized spacial score (nSPS) is 17.1. The quantitative estimate of drug-likeness (QED) is 0.823. The van der Waals surface area contributed by atoms with Crippen molar-refractivity contribution in [1.29, 1.82) is 0 Å². The van der Waals surface area contributed by atoms with Crippen LogP contribution in [0.5, 0.6) is 5.75 Å². The van der Waals surface area contributed by atoms with Crippen molar-refractivity contribution < 1.29 is 33.0 Å². The minimum absolute atomic E-state index is 0.112. The average Bonchev–Trinajstić information content (AvgIpc) is 2.60. The summed E-state index contributed by atoms with van der Waals surface area (Å²) in [5, 5.41) is 9.08. The largest absolute Gasteiger partial charge is 0.481 e. The zero-order chi connectivity index (χ0) is 19.3. The lowest BCUT2D eigenvalue weighted by Crippen LogP contribution is -2.46. The second-order valence-corrected chi connectivity index (χ2v) is 6.08. The number of aliphatic carboxylic acids is 1. The van der Waals surface area contributed by atoms with Gasteiger partial charge >= 0.3 is 12.6 Å². The van der Waals surface area contributed by atoms with Gasteiger partial charge in [-0.1, -0.05) is 6.07 Å². The van der Waals surface area contributed by atoms with Gasteiger partial charge in [-0.05, 0) is 31.0 Å². The third kappa shape index (κ3) is 5.14. The van der Waals surface area contributed by atoms with Crippen LogP contribution in [-0.2, 0) is 9.59 Å². The van der Waals surface area contributed by atoms with Gasteiger partial charge in [-0.15, -0.1) is 0 Å². The lowest BCUT2D eigenvalue weighted by atomic mass is 9.98. The monoisotopic (exact) mass is 370 g/mol. The number of carboxylic acids is 1. The molecule has 1 aromatic rings. The van der Waals surface area contributed by atoms with Crippen LogP contribution in [0.15, 0.2) is 24.3 Å². The van der Waals surface area contributed by atoms with Gasteiger partial charge in [-0.25, -0.2) is 0 Å². The number of carboxylic acid groups (broad SMARTS) is 1. The van der Waals surface area contributed by atoms with E-state index in [1.54, 1.807) is 0 Å². The minimum atomic E-state index is -3.00. The fraction of sp³-hybridized carbons (Fsp3) is 0.471. The standard InChI is InChI=1S/C17H20F2N2O5/c1-20(10-14(22)21-7-3-5-12(9-21)16(24)25)15(23)11-4-2-6-13(8-11)26-17(18)19/h2,4,6,8,12,17H,3,5,7,9-10H2,1H3,(H,24,25). The van der Waals surface area contributed by atoms with Crippen molar-refractivity contribution in [3.8, 4) is 5.75 Å². The van der Waals surface area contributed by atoms with Crippen LogP contribution in [0.4, 0.5) is 8.78 Å². The maximum absolute atomic E-state index is 12.4. The minimum Gasteiger partial charge on any atom is -0.481 e. The van der Waals surface area contributed by atoms with E-state index in [2.05, 4.69) is 4.74 Å². The summed E-state index contributed by atoms with van der Waals surface area (Å²) in [6.45, 7) is -2.66. The molecule has 2 rings (SSSR count). The van der Waals surface area contributed by atoms with Gasteiger partial charge in [-0.3, -0.25) is 14.4 Å². The van der Waals surface area contributed by atoms with Crippen molar-refractivity contribution in [3.05, 3.63) is 29.8 Å². The van der Waals surface area contributed by atoms with Gasteiger partial charge in [0.2, 0.25) is 5.91 Å². The summed E-state index contributed by atoms with van der Waals surface area (Å²) in [6, 6.07) is 5.32. The molecule has 0 spiro atoms. The zero-order valence-corrected chi connectivity index (χ0v) is 14.2. The molecular formula is C17H20F2N2O5. The van der Waals surface area contributed by atoms with Gasteiger partial charge in [0.25, 0.3) is 5.91 Å². The Kier molecular flexibility index (Phi) is 6.48. The van der Waals surface area contributed by atoms with Crippen LogP contribution < -0.4 is 4.74 Å². The Hall–Kier alpha value is -2.71. The molecule has 7 nitrogen and oxygen atoms in total. The van der Waals surface area contributed by atoms with Crippen LogP contribution in [0.2, 0.25) is 0 Å². The third-order valence-corrected chi connectivity index (χ3v) is 4.15. The van der Waals surface area contributed by atoms with Crippen molar-refractivity contribution in [1.82, 2.24) is 9.80 Å². The number of benzene rings is 1. The van der Waals surface area contributed by atoms with Crippen molar-refractivity contribution >= 4 is 17.8 Å². The predicted octanol–water partition coefficient (Wildman–Crippen LogP) is 1.68. The molecule has 1 atom stereocenters. The molecule has 142 valence electrons. The molecule has 9 heteroatoms. The smallest absolute Gasteiger partial charge is 0.387 e. The van der Waals surface area contributed by atoms with Gasteiger partial charge in [0.1, 0.15) is 5.75 Å². The number of amides is 2. The van der Waals surface area contributed by atoms with Crippen molar-refractivity contribution in [3.63, 3.8) is 0 Å². The summed E-state index contributed by atoms with van der Waals surface area (Å²) in [7, 11) is 1.42. The highest BCUT2D eigenvalue weighted by Crippen LogP contribution is 2.19. The number of piperidine rings is 1. The summed E-state index contributed by atoms with van der Waals surface area (Å²) < 4.78 is 28.8. The molecule has 0 saturated carbocycles. The third-order valence-electron chi connectivity index (χ3n) is 4.15. The van der Waals surface area contributed by atoms with Crippen molar-refractivity contribution in [2.45, 2.75) is 19.5 Å². The lowest BCUT2D eigenvalue weighted by molar-refractivity contribution is -0.145. The molecule has 0 aliphatic carbocycles. The van der Waals surface area contributed by atoms with Gasteiger partial charge < -0.3 is 19.6 Å².